The summed E-state index contributed by atoms with van der Waals surface area (Å²) in [5.41, 5.74) is 0. The number of carbonyl (C=O) groups excluding carboxylic acids is 2. The van der Waals surface area contributed by atoms with Crippen molar-refractivity contribution in [1.82, 2.24) is 5.32 Å². The summed E-state index contributed by atoms with van der Waals surface area (Å²) in [6, 6.07) is 3.60. The van der Waals surface area contributed by atoms with Gasteiger partial charge in [-0.05, 0) is 24.5 Å². The first-order valence-corrected chi connectivity index (χ1v) is 7.73. The summed E-state index contributed by atoms with van der Waals surface area (Å²) in [4.78, 5) is 24.5. The number of nitrogens with one attached hydrogen (secondary N) is 1. The second-order valence-electron chi connectivity index (χ2n) is 5.76. The van der Waals surface area contributed by atoms with E-state index >= 15 is 0 Å². The minimum Gasteiger partial charge on any atom is -0.467 e. The largest absolute Gasteiger partial charge is 0.467 e. The van der Waals surface area contributed by atoms with Gasteiger partial charge in [0.15, 0.2) is 0 Å². The predicted molar refractivity (Wildman–Crippen MR) is 71.7 cm³/mol. The molecule has 4 rings (SSSR count). The van der Waals surface area contributed by atoms with Crippen LogP contribution in [0.5, 0.6) is 0 Å². The topological polar surface area (TPSA) is 68.5 Å². The van der Waals surface area contributed by atoms with E-state index in [1.54, 1.807) is 12.3 Å². The highest BCUT2D eigenvalue weighted by Gasteiger charge is 2.67. The second kappa shape index (κ2) is 4.35. The molecule has 0 spiro atoms. The van der Waals surface area contributed by atoms with Crippen molar-refractivity contribution in [3.63, 3.8) is 0 Å². The normalized spacial score (nSPS) is 41.0. The number of hydrogen-bond donors (Lipinski definition) is 1. The molecule has 1 aromatic heterocycles. The van der Waals surface area contributed by atoms with Crippen molar-refractivity contribution in [2.24, 2.45) is 23.7 Å². The van der Waals surface area contributed by atoms with E-state index in [2.05, 4.69) is 21.2 Å². The zero-order valence-electron chi connectivity index (χ0n) is 10.6. The van der Waals surface area contributed by atoms with Crippen LogP contribution in [0.2, 0.25) is 0 Å². The average Bonchev–Trinajstić information content (AvgIpc) is 3.14. The number of fused-ring (bicyclic) bond motifs is 1. The van der Waals surface area contributed by atoms with Crippen LogP contribution < -0.4 is 5.32 Å². The lowest BCUT2D eigenvalue weighted by Crippen LogP contribution is -2.43. The van der Waals surface area contributed by atoms with Gasteiger partial charge in [0.05, 0.1) is 29.5 Å². The number of amides is 1. The standard InChI is InChI=1S/C14H14BrNO4/c15-11-7-4-8-10(14(18)20-12(8)11)9(7)13(17)16-5-6-2-1-3-19-6/h1-3,7-12H,4-5H2,(H,16,17)/t7-,8-,9-,10+,11-,12+/m1/s1. The Hall–Kier alpha value is -1.30. The highest BCUT2D eigenvalue weighted by Crippen LogP contribution is 2.59. The number of ether oxygens (including phenoxy) is 1. The van der Waals surface area contributed by atoms with Crippen molar-refractivity contribution in [2.75, 3.05) is 0 Å². The number of esters is 1. The highest BCUT2D eigenvalue weighted by molar-refractivity contribution is 9.09. The number of rotatable bonds is 3. The second-order valence-corrected chi connectivity index (χ2v) is 6.82. The molecule has 1 aromatic rings. The van der Waals surface area contributed by atoms with E-state index in [9.17, 15) is 9.59 Å². The molecule has 2 bridgehead atoms. The van der Waals surface area contributed by atoms with Crippen molar-refractivity contribution in [3.8, 4) is 0 Å². The van der Waals surface area contributed by atoms with Crippen LogP contribution in [-0.4, -0.2) is 22.8 Å². The fourth-order valence-corrected chi connectivity index (χ4v) is 5.08. The van der Waals surface area contributed by atoms with Gasteiger partial charge in [-0.1, -0.05) is 15.9 Å². The summed E-state index contributed by atoms with van der Waals surface area (Å²) >= 11 is 3.60. The number of hydrogen-bond acceptors (Lipinski definition) is 4. The number of alkyl halides is 1. The van der Waals surface area contributed by atoms with Crippen LogP contribution in [0.3, 0.4) is 0 Å². The molecule has 20 heavy (non-hydrogen) atoms. The van der Waals surface area contributed by atoms with Crippen molar-refractivity contribution >= 4 is 27.8 Å². The van der Waals surface area contributed by atoms with Crippen LogP contribution in [0.4, 0.5) is 0 Å². The molecule has 2 aliphatic carbocycles. The van der Waals surface area contributed by atoms with Gasteiger partial charge in [0.1, 0.15) is 11.9 Å². The van der Waals surface area contributed by atoms with E-state index in [-0.39, 0.29) is 46.5 Å². The summed E-state index contributed by atoms with van der Waals surface area (Å²) < 4.78 is 10.6. The van der Waals surface area contributed by atoms with Gasteiger partial charge in [-0.15, -0.1) is 0 Å². The molecule has 106 valence electrons. The van der Waals surface area contributed by atoms with Crippen LogP contribution in [0.1, 0.15) is 12.2 Å². The number of furan rings is 1. The Morgan fingerprint density at radius 3 is 3.05 bits per heavy atom. The van der Waals surface area contributed by atoms with E-state index < -0.39 is 0 Å². The van der Waals surface area contributed by atoms with Gasteiger partial charge >= 0.3 is 5.97 Å². The van der Waals surface area contributed by atoms with Gasteiger partial charge in [0.2, 0.25) is 5.91 Å². The molecule has 2 heterocycles. The highest BCUT2D eigenvalue weighted by atomic mass is 79.9. The van der Waals surface area contributed by atoms with Crippen LogP contribution >= 0.6 is 15.9 Å². The molecule has 0 unspecified atom stereocenters. The Bertz CT molecular complexity index is 558. The minimum atomic E-state index is -0.273. The molecule has 6 atom stereocenters. The minimum absolute atomic E-state index is 0.0355. The third-order valence-corrected chi connectivity index (χ3v) is 6.04. The van der Waals surface area contributed by atoms with Gasteiger partial charge in [-0.25, -0.2) is 0 Å². The Kier molecular flexibility index (Phi) is 2.70. The molecule has 3 aliphatic rings. The maximum Gasteiger partial charge on any atom is 0.310 e. The third-order valence-electron chi connectivity index (χ3n) is 4.84. The Morgan fingerprint density at radius 2 is 2.30 bits per heavy atom. The Morgan fingerprint density at radius 1 is 1.45 bits per heavy atom. The number of halogens is 1. The zero-order valence-corrected chi connectivity index (χ0v) is 12.2. The first-order chi connectivity index (χ1) is 9.66. The molecule has 0 aromatic carbocycles. The van der Waals surface area contributed by atoms with Crippen molar-refractivity contribution in [3.05, 3.63) is 24.2 Å². The van der Waals surface area contributed by atoms with E-state index in [0.717, 1.165) is 6.42 Å². The smallest absolute Gasteiger partial charge is 0.310 e. The van der Waals surface area contributed by atoms with E-state index in [1.165, 1.54) is 0 Å². The summed E-state index contributed by atoms with van der Waals surface area (Å²) in [5, 5.41) is 2.87. The molecule has 1 amide bonds. The summed E-state index contributed by atoms with van der Waals surface area (Å²) in [6.45, 7) is 0.359. The van der Waals surface area contributed by atoms with Crippen molar-refractivity contribution in [1.29, 1.82) is 0 Å². The van der Waals surface area contributed by atoms with E-state index in [0.29, 0.717) is 12.3 Å². The zero-order chi connectivity index (χ0) is 13.9. The third kappa shape index (κ3) is 1.60. The van der Waals surface area contributed by atoms with Crippen LogP contribution in [0.15, 0.2) is 22.8 Å². The molecule has 1 aliphatic heterocycles. The molecular weight excluding hydrogens is 326 g/mol. The van der Waals surface area contributed by atoms with Gasteiger partial charge in [-0.2, -0.15) is 0 Å². The first kappa shape index (κ1) is 12.4. The fourth-order valence-electron chi connectivity index (χ4n) is 4.04. The van der Waals surface area contributed by atoms with E-state index in [1.807, 2.05) is 6.07 Å². The Balaban J connectivity index is 1.51. The lowest BCUT2D eigenvalue weighted by Gasteiger charge is -2.27. The average molecular weight is 340 g/mol. The molecule has 2 saturated carbocycles. The predicted octanol–water partition coefficient (Wildman–Crippen LogP) is 1.47. The molecule has 5 nitrogen and oxygen atoms in total. The van der Waals surface area contributed by atoms with Gasteiger partial charge < -0.3 is 14.5 Å². The Labute approximate surface area is 124 Å². The lowest BCUT2D eigenvalue weighted by molar-refractivity contribution is -0.145. The van der Waals surface area contributed by atoms with Gasteiger partial charge in [0.25, 0.3) is 0 Å². The fraction of sp³-hybridized carbons (Fsp3) is 0.571. The summed E-state index contributed by atoms with van der Waals surface area (Å²) in [5.74, 6) is 0.308. The van der Waals surface area contributed by atoms with E-state index in [4.69, 9.17) is 9.15 Å². The molecular formula is C14H14BrNO4. The van der Waals surface area contributed by atoms with Gasteiger partial charge in [-0.3, -0.25) is 9.59 Å². The molecule has 0 radical (unpaired) electrons. The van der Waals surface area contributed by atoms with Crippen molar-refractivity contribution < 1.29 is 18.7 Å². The maximum absolute atomic E-state index is 12.4. The SMILES string of the molecule is O=C(NCc1ccco1)[C@@H]1[C@H]2C[C@H]3[C@H](OC(=O)[C@@H]31)[C@@H]2Br. The lowest BCUT2D eigenvalue weighted by atomic mass is 9.79. The van der Waals surface area contributed by atoms with Crippen LogP contribution in [0, 0.1) is 23.7 Å². The number of carbonyl (C=O) groups is 2. The summed E-state index contributed by atoms with van der Waals surface area (Å²) in [7, 11) is 0. The van der Waals surface area contributed by atoms with Crippen molar-refractivity contribution in [2.45, 2.75) is 23.9 Å². The van der Waals surface area contributed by atoms with Crippen LogP contribution in [0.25, 0.3) is 0 Å². The van der Waals surface area contributed by atoms with Gasteiger partial charge in [0, 0.05) is 5.92 Å². The maximum atomic E-state index is 12.4. The first-order valence-electron chi connectivity index (χ1n) is 6.81. The van der Waals surface area contributed by atoms with Crippen LogP contribution in [-0.2, 0) is 20.9 Å². The molecule has 1 N–H and O–H groups in total. The quantitative estimate of drug-likeness (QED) is 0.668. The molecule has 6 heteroatoms. The monoisotopic (exact) mass is 339 g/mol. The molecule has 1 saturated heterocycles. The summed E-state index contributed by atoms with van der Waals surface area (Å²) in [6.07, 6.45) is 2.44. The molecule has 3 fully saturated rings.